The predicted molar refractivity (Wildman–Crippen MR) is 77.0 cm³/mol. The van der Waals surface area contributed by atoms with Gasteiger partial charge in [-0.05, 0) is 24.6 Å². The van der Waals surface area contributed by atoms with Gasteiger partial charge in [-0.25, -0.2) is 0 Å². The van der Waals surface area contributed by atoms with Gasteiger partial charge in [0.15, 0.2) is 5.34 Å². The predicted octanol–water partition coefficient (Wildman–Crippen LogP) is 3.88. The van der Waals surface area contributed by atoms with Crippen LogP contribution in [-0.4, -0.2) is 18.3 Å². The molecule has 106 valence electrons. The summed E-state index contributed by atoms with van der Waals surface area (Å²) in [6.45, 7) is 6.00. The van der Waals surface area contributed by atoms with E-state index in [9.17, 15) is 9.67 Å². The number of benzene rings is 1. The normalized spacial score (nSPS) is 24.7. The van der Waals surface area contributed by atoms with Crippen LogP contribution in [0.3, 0.4) is 0 Å². The second-order valence-corrected chi connectivity index (χ2v) is 9.03. The van der Waals surface area contributed by atoms with Crippen molar-refractivity contribution in [1.29, 1.82) is 0 Å². The summed E-state index contributed by atoms with van der Waals surface area (Å²) in [7, 11) is -3.59. The molecule has 1 aliphatic heterocycles. The Morgan fingerprint density at radius 2 is 1.74 bits per heavy atom. The third-order valence-corrected chi connectivity index (χ3v) is 5.97. The quantitative estimate of drug-likeness (QED) is 0.824. The van der Waals surface area contributed by atoms with Gasteiger partial charge in [-0.3, -0.25) is 4.57 Å². The van der Waals surface area contributed by atoms with E-state index in [4.69, 9.17) is 9.05 Å². The van der Waals surface area contributed by atoms with Crippen molar-refractivity contribution in [2.24, 2.45) is 5.41 Å². The van der Waals surface area contributed by atoms with E-state index in [0.29, 0.717) is 18.8 Å². The lowest BCUT2D eigenvalue weighted by atomic mass is 9.97. The van der Waals surface area contributed by atoms with E-state index < -0.39 is 12.9 Å². The van der Waals surface area contributed by atoms with E-state index in [2.05, 4.69) is 15.9 Å². The third-order valence-electron chi connectivity index (χ3n) is 3.17. The summed E-state index contributed by atoms with van der Waals surface area (Å²) in [5, 5.41) is 8.95. The molecule has 0 bridgehead atoms. The average Bonchev–Trinajstić information content (AvgIpc) is 2.34. The number of aliphatic hydroxyl groups is 1. The van der Waals surface area contributed by atoms with E-state index in [1.54, 1.807) is 24.3 Å². The fourth-order valence-electron chi connectivity index (χ4n) is 1.77. The van der Waals surface area contributed by atoms with Crippen LogP contribution in [0.2, 0.25) is 0 Å². The van der Waals surface area contributed by atoms with Crippen LogP contribution in [0.25, 0.3) is 0 Å². The molecular formula is C13H18BrO4P. The SMILES string of the molecule is CC1(C)COP(=O)([C@](C)(O)c2ccc(Br)cc2)OC1. The van der Waals surface area contributed by atoms with E-state index in [-0.39, 0.29) is 5.41 Å². The molecule has 2 rings (SSSR count). The number of halogens is 1. The average molecular weight is 349 g/mol. The molecule has 6 heteroatoms. The van der Waals surface area contributed by atoms with Gasteiger partial charge in [0.2, 0.25) is 0 Å². The first-order valence-electron chi connectivity index (χ1n) is 6.04. The summed E-state index contributed by atoms with van der Waals surface area (Å²) < 4.78 is 24.4. The van der Waals surface area contributed by atoms with Gasteiger partial charge in [0.25, 0.3) is 0 Å². The second kappa shape index (κ2) is 4.97. The van der Waals surface area contributed by atoms with Crippen molar-refractivity contribution in [2.75, 3.05) is 13.2 Å². The highest BCUT2D eigenvalue weighted by molar-refractivity contribution is 9.10. The molecule has 0 radical (unpaired) electrons. The first-order chi connectivity index (χ1) is 8.66. The Morgan fingerprint density at radius 3 is 2.21 bits per heavy atom. The summed E-state index contributed by atoms with van der Waals surface area (Å²) in [4.78, 5) is 0. The molecule has 0 unspecified atom stereocenters. The highest BCUT2D eigenvalue weighted by atomic mass is 79.9. The molecule has 1 saturated heterocycles. The molecule has 0 saturated carbocycles. The molecule has 0 spiro atoms. The minimum atomic E-state index is -3.59. The zero-order chi connectivity index (χ0) is 14.3. The van der Waals surface area contributed by atoms with E-state index in [0.717, 1.165) is 4.47 Å². The van der Waals surface area contributed by atoms with E-state index in [1.807, 2.05) is 13.8 Å². The molecule has 4 nitrogen and oxygen atoms in total. The summed E-state index contributed by atoms with van der Waals surface area (Å²) in [6, 6.07) is 6.97. The molecular weight excluding hydrogens is 331 g/mol. The molecule has 19 heavy (non-hydrogen) atoms. The molecule has 1 N–H and O–H groups in total. The lowest BCUT2D eigenvalue weighted by molar-refractivity contribution is 0.000374. The van der Waals surface area contributed by atoms with Crippen LogP contribution in [0.5, 0.6) is 0 Å². The summed E-state index contributed by atoms with van der Waals surface area (Å²) >= 11 is 3.32. The monoisotopic (exact) mass is 348 g/mol. The van der Waals surface area contributed by atoms with Crippen molar-refractivity contribution in [2.45, 2.75) is 26.1 Å². The van der Waals surface area contributed by atoms with Crippen LogP contribution in [0.4, 0.5) is 0 Å². The molecule has 1 atom stereocenters. The van der Waals surface area contributed by atoms with Crippen molar-refractivity contribution in [3.63, 3.8) is 0 Å². The highest BCUT2D eigenvalue weighted by Crippen LogP contribution is 2.66. The number of rotatable bonds is 2. The van der Waals surface area contributed by atoms with Crippen molar-refractivity contribution in [3.8, 4) is 0 Å². The van der Waals surface area contributed by atoms with Crippen LogP contribution >= 0.6 is 23.5 Å². The topological polar surface area (TPSA) is 55.8 Å². The van der Waals surface area contributed by atoms with Crippen LogP contribution in [0, 0.1) is 5.41 Å². The molecule has 1 aliphatic rings. The lowest BCUT2D eigenvalue weighted by Crippen LogP contribution is -2.35. The Morgan fingerprint density at radius 1 is 1.26 bits per heavy atom. The first kappa shape index (κ1) is 15.2. The van der Waals surface area contributed by atoms with Crippen LogP contribution in [-0.2, 0) is 19.0 Å². The van der Waals surface area contributed by atoms with Crippen molar-refractivity contribution in [1.82, 2.24) is 0 Å². The van der Waals surface area contributed by atoms with Crippen molar-refractivity contribution >= 4 is 23.5 Å². The van der Waals surface area contributed by atoms with Gasteiger partial charge in [-0.15, -0.1) is 0 Å². The minimum Gasteiger partial charge on any atom is -0.373 e. The van der Waals surface area contributed by atoms with E-state index >= 15 is 0 Å². The molecule has 0 aliphatic carbocycles. The Bertz CT molecular complexity index is 496. The Hall–Kier alpha value is -0.190. The molecule has 1 aromatic carbocycles. The first-order valence-corrected chi connectivity index (χ1v) is 8.38. The lowest BCUT2D eigenvalue weighted by Gasteiger charge is -2.40. The van der Waals surface area contributed by atoms with Gasteiger partial charge >= 0.3 is 7.60 Å². The smallest absolute Gasteiger partial charge is 0.366 e. The fourth-order valence-corrected chi connectivity index (χ4v) is 4.12. The van der Waals surface area contributed by atoms with Gasteiger partial charge < -0.3 is 14.2 Å². The van der Waals surface area contributed by atoms with Gasteiger partial charge in [0.05, 0.1) is 13.2 Å². The summed E-state index contributed by atoms with van der Waals surface area (Å²) in [6.07, 6.45) is 0. The third kappa shape index (κ3) is 2.96. The summed E-state index contributed by atoms with van der Waals surface area (Å²) in [5.74, 6) is 0. The Balaban J connectivity index is 2.29. The van der Waals surface area contributed by atoms with Gasteiger partial charge in [0.1, 0.15) is 0 Å². The van der Waals surface area contributed by atoms with Gasteiger partial charge in [-0.1, -0.05) is 41.9 Å². The molecule has 0 aromatic heterocycles. The molecule has 1 aromatic rings. The maximum atomic E-state index is 12.7. The van der Waals surface area contributed by atoms with Crippen LogP contribution in [0.1, 0.15) is 26.3 Å². The maximum Gasteiger partial charge on any atom is 0.366 e. The largest absolute Gasteiger partial charge is 0.373 e. The standard InChI is InChI=1S/C13H18BrO4P/c1-12(2)8-17-19(16,18-9-12)13(3,15)10-4-6-11(14)7-5-10/h4-7,15H,8-9H2,1-3H3/t13-/m0/s1. The summed E-state index contributed by atoms with van der Waals surface area (Å²) in [5.41, 5.74) is 0.322. The number of hydrogen-bond acceptors (Lipinski definition) is 4. The maximum absolute atomic E-state index is 12.7. The van der Waals surface area contributed by atoms with Crippen molar-refractivity contribution < 1.29 is 18.7 Å². The van der Waals surface area contributed by atoms with Crippen molar-refractivity contribution in [3.05, 3.63) is 34.3 Å². The number of hydrogen-bond donors (Lipinski definition) is 1. The van der Waals surface area contributed by atoms with E-state index in [1.165, 1.54) is 6.92 Å². The van der Waals surface area contributed by atoms with Crippen LogP contribution in [0.15, 0.2) is 28.7 Å². The zero-order valence-corrected chi connectivity index (χ0v) is 13.7. The Labute approximate surface area is 121 Å². The molecule has 1 fully saturated rings. The fraction of sp³-hybridized carbons (Fsp3) is 0.538. The zero-order valence-electron chi connectivity index (χ0n) is 11.2. The minimum absolute atomic E-state index is 0.191. The van der Waals surface area contributed by atoms with Gasteiger partial charge in [0, 0.05) is 9.89 Å². The Kier molecular flexibility index (Phi) is 3.98. The van der Waals surface area contributed by atoms with Crippen LogP contribution < -0.4 is 0 Å². The molecule has 1 heterocycles. The van der Waals surface area contributed by atoms with Gasteiger partial charge in [-0.2, -0.15) is 0 Å². The molecule has 0 amide bonds. The highest BCUT2D eigenvalue weighted by Gasteiger charge is 2.51. The second-order valence-electron chi connectivity index (χ2n) is 5.74.